The fourth-order valence-electron chi connectivity index (χ4n) is 3.08. The van der Waals surface area contributed by atoms with Crippen molar-refractivity contribution >= 4 is 0 Å². The number of ether oxygens (including phenoxy) is 1. The van der Waals surface area contributed by atoms with E-state index in [0.717, 1.165) is 26.2 Å². The van der Waals surface area contributed by atoms with Crippen LogP contribution < -0.4 is 5.73 Å². The van der Waals surface area contributed by atoms with Gasteiger partial charge in [0, 0.05) is 32.9 Å². The van der Waals surface area contributed by atoms with Crippen LogP contribution in [0, 0.1) is 5.92 Å². The number of nitrogens with zero attached hydrogens (tertiary/aromatic N) is 3. The molecular weight excluding hydrogens is 240 g/mol. The highest BCUT2D eigenvalue weighted by Gasteiger charge is 2.27. The van der Waals surface area contributed by atoms with Crippen LogP contribution in [0.1, 0.15) is 31.5 Å². The van der Waals surface area contributed by atoms with Gasteiger partial charge in [-0.3, -0.25) is 4.90 Å². The second-order valence-corrected chi connectivity index (χ2v) is 5.31. The summed E-state index contributed by atoms with van der Waals surface area (Å²) in [5.74, 6) is 0.630. The van der Waals surface area contributed by atoms with Gasteiger partial charge < -0.3 is 15.0 Å². The van der Waals surface area contributed by atoms with Crippen LogP contribution in [0.25, 0.3) is 0 Å². The predicted molar refractivity (Wildman–Crippen MR) is 75.9 cm³/mol. The summed E-state index contributed by atoms with van der Waals surface area (Å²) >= 11 is 0. The SMILES string of the molecule is CCn1cncc1C(CN)N1CCCC(COC)C1. The number of piperidine rings is 1. The van der Waals surface area contributed by atoms with Crippen molar-refractivity contribution < 1.29 is 4.74 Å². The number of nitrogens with two attached hydrogens (primary N) is 1. The molecular formula is C14H26N4O. The molecule has 1 aliphatic heterocycles. The molecule has 2 rings (SSSR count). The van der Waals surface area contributed by atoms with Crippen molar-refractivity contribution in [2.24, 2.45) is 11.7 Å². The number of likely N-dealkylation sites (tertiary alicyclic amines) is 1. The smallest absolute Gasteiger partial charge is 0.0948 e. The summed E-state index contributed by atoms with van der Waals surface area (Å²) in [6.07, 6.45) is 6.34. The zero-order valence-corrected chi connectivity index (χ0v) is 12.1. The van der Waals surface area contributed by atoms with Gasteiger partial charge in [-0.15, -0.1) is 0 Å². The zero-order chi connectivity index (χ0) is 13.7. The van der Waals surface area contributed by atoms with E-state index in [-0.39, 0.29) is 6.04 Å². The molecule has 108 valence electrons. The Hall–Kier alpha value is -0.910. The van der Waals surface area contributed by atoms with Crippen LogP contribution in [0.2, 0.25) is 0 Å². The maximum atomic E-state index is 6.02. The van der Waals surface area contributed by atoms with Crippen molar-refractivity contribution in [2.45, 2.75) is 32.4 Å². The summed E-state index contributed by atoms with van der Waals surface area (Å²) in [4.78, 5) is 6.76. The first kappa shape index (κ1) is 14.5. The Labute approximate surface area is 115 Å². The third-order valence-electron chi connectivity index (χ3n) is 4.04. The molecule has 2 unspecified atom stereocenters. The average Bonchev–Trinajstić information content (AvgIpc) is 2.89. The zero-order valence-electron chi connectivity index (χ0n) is 12.1. The number of aryl methyl sites for hydroxylation is 1. The molecule has 0 aliphatic carbocycles. The Morgan fingerprint density at radius 3 is 3.11 bits per heavy atom. The molecule has 2 N–H and O–H groups in total. The first-order valence-corrected chi connectivity index (χ1v) is 7.23. The van der Waals surface area contributed by atoms with Gasteiger partial charge in [0.25, 0.3) is 0 Å². The molecule has 1 aromatic rings. The van der Waals surface area contributed by atoms with E-state index < -0.39 is 0 Å². The van der Waals surface area contributed by atoms with Gasteiger partial charge in [-0.25, -0.2) is 4.98 Å². The Morgan fingerprint density at radius 2 is 2.42 bits per heavy atom. The molecule has 1 fully saturated rings. The minimum absolute atomic E-state index is 0.280. The second kappa shape index (κ2) is 7.03. The third kappa shape index (κ3) is 3.35. The fraction of sp³-hybridized carbons (Fsp3) is 0.786. The number of aromatic nitrogens is 2. The van der Waals surface area contributed by atoms with Crippen LogP contribution in [-0.2, 0) is 11.3 Å². The maximum absolute atomic E-state index is 6.02. The number of hydrogen-bond donors (Lipinski definition) is 1. The number of rotatable bonds is 6. The van der Waals surface area contributed by atoms with Crippen molar-refractivity contribution in [2.75, 3.05) is 33.4 Å². The van der Waals surface area contributed by atoms with Crippen molar-refractivity contribution in [3.8, 4) is 0 Å². The third-order valence-corrected chi connectivity index (χ3v) is 4.04. The molecule has 0 radical (unpaired) electrons. The van der Waals surface area contributed by atoms with E-state index in [4.69, 9.17) is 10.5 Å². The largest absolute Gasteiger partial charge is 0.384 e. The monoisotopic (exact) mass is 266 g/mol. The van der Waals surface area contributed by atoms with Gasteiger partial charge in [0.15, 0.2) is 0 Å². The van der Waals surface area contributed by atoms with Crippen LogP contribution in [0.3, 0.4) is 0 Å². The summed E-state index contributed by atoms with van der Waals surface area (Å²) in [6.45, 7) is 6.78. The van der Waals surface area contributed by atoms with Gasteiger partial charge in [0.2, 0.25) is 0 Å². The van der Waals surface area contributed by atoms with E-state index in [2.05, 4.69) is 21.4 Å². The first-order valence-electron chi connectivity index (χ1n) is 7.23. The Morgan fingerprint density at radius 1 is 1.58 bits per heavy atom. The van der Waals surface area contributed by atoms with Crippen molar-refractivity contribution in [3.63, 3.8) is 0 Å². The second-order valence-electron chi connectivity index (χ2n) is 5.31. The molecule has 0 saturated carbocycles. The standard InChI is InChI=1S/C14H26N4O/c1-3-17-11-16-8-14(17)13(7-15)18-6-4-5-12(9-18)10-19-2/h8,11-13H,3-7,9-10,15H2,1-2H3. The van der Waals surface area contributed by atoms with Crippen molar-refractivity contribution in [1.29, 1.82) is 0 Å². The Bertz CT molecular complexity index is 377. The van der Waals surface area contributed by atoms with Crippen molar-refractivity contribution in [1.82, 2.24) is 14.5 Å². The maximum Gasteiger partial charge on any atom is 0.0948 e. The highest BCUT2D eigenvalue weighted by molar-refractivity contribution is 5.07. The lowest BCUT2D eigenvalue weighted by Gasteiger charge is -2.37. The lowest BCUT2D eigenvalue weighted by atomic mass is 9.97. The summed E-state index contributed by atoms with van der Waals surface area (Å²) in [5, 5.41) is 0. The van der Waals surface area contributed by atoms with Crippen LogP contribution in [0.15, 0.2) is 12.5 Å². The lowest BCUT2D eigenvalue weighted by molar-refractivity contribution is 0.0678. The van der Waals surface area contributed by atoms with Gasteiger partial charge >= 0.3 is 0 Å². The molecule has 5 heteroatoms. The molecule has 0 spiro atoms. The van der Waals surface area contributed by atoms with E-state index in [1.54, 1.807) is 7.11 Å². The van der Waals surface area contributed by atoms with Gasteiger partial charge in [0.1, 0.15) is 0 Å². The summed E-state index contributed by atoms with van der Waals surface area (Å²) in [6, 6.07) is 0.280. The van der Waals surface area contributed by atoms with Gasteiger partial charge in [-0.05, 0) is 32.2 Å². The van der Waals surface area contributed by atoms with E-state index >= 15 is 0 Å². The van der Waals surface area contributed by atoms with Gasteiger partial charge in [0.05, 0.1) is 24.7 Å². The molecule has 0 amide bonds. The summed E-state index contributed by atoms with van der Waals surface area (Å²) < 4.78 is 7.50. The molecule has 1 saturated heterocycles. The molecule has 19 heavy (non-hydrogen) atoms. The minimum Gasteiger partial charge on any atom is -0.384 e. The molecule has 2 heterocycles. The fourth-order valence-corrected chi connectivity index (χ4v) is 3.08. The minimum atomic E-state index is 0.280. The first-order chi connectivity index (χ1) is 9.30. The lowest BCUT2D eigenvalue weighted by Crippen LogP contribution is -2.42. The van der Waals surface area contributed by atoms with Crippen LogP contribution in [-0.4, -0.2) is 47.8 Å². The highest BCUT2D eigenvalue weighted by atomic mass is 16.5. The van der Waals surface area contributed by atoms with E-state index in [9.17, 15) is 0 Å². The molecule has 0 aromatic carbocycles. The van der Waals surface area contributed by atoms with E-state index in [1.807, 2.05) is 12.5 Å². The molecule has 5 nitrogen and oxygen atoms in total. The van der Waals surface area contributed by atoms with Crippen molar-refractivity contribution in [3.05, 3.63) is 18.2 Å². The molecule has 1 aliphatic rings. The van der Waals surface area contributed by atoms with E-state index in [1.165, 1.54) is 18.5 Å². The highest BCUT2D eigenvalue weighted by Crippen LogP contribution is 2.26. The summed E-state index contributed by atoms with van der Waals surface area (Å²) in [7, 11) is 1.78. The number of hydrogen-bond acceptors (Lipinski definition) is 4. The average molecular weight is 266 g/mol. The molecule has 0 bridgehead atoms. The van der Waals surface area contributed by atoms with Gasteiger partial charge in [-0.1, -0.05) is 0 Å². The molecule has 2 atom stereocenters. The van der Waals surface area contributed by atoms with Crippen LogP contribution >= 0.6 is 0 Å². The van der Waals surface area contributed by atoms with Crippen LogP contribution in [0.5, 0.6) is 0 Å². The predicted octanol–water partition coefficient (Wildman–Crippen LogP) is 1.26. The number of methoxy groups -OCH3 is 1. The normalized spacial score (nSPS) is 22.6. The number of imidazole rings is 1. The van der Waals surface area contributed by atoms with E-state index in [0.29, 0.717) is 12.5 Å². The topological polar surface area (TPSA) is 56.3 Å². The summed E-state index contributed by atoms with van der Waals surface area (Å²) in [5.41, 5.74) is 7.26. The van der Waals surface area contributed by atoms with Gasteiger partial charge in [-0.2, -0.15) is 0 Å². The quantitative estimate of drug-likeness (QED) is 0.842. The molecule has 1 aromatic heterocycles. The Balaban J connectivity index is 2.08. The Kier molecular flexibility index (Phi) is 5.36. The van der Waals surface area contributed by atoms with Crippen LogP contribution in [0.4, 0.5) is 0 Å².